The molecule has 0 heterocycles. The molecule has 0 aromatic heterocycles. The van der Waals surface area contributed by atoms with E-state index < -0.39 is 0 Å². The van der Waals surface area contributed by atoms with Gasteiger partial charge in [-0.15, -0.1) is 50.3 Å². The zero-order chi connectivity index (χ0) is 95.6. The van der Waals surface area contributed by atoms with Crippen LogP contribution in [0.5, 0.6) is 0 Å². The summed E-state index contributed by atoms with van der Waals surface area (Å²) < 4.78 is 0. The predicted octanol–water partition coefficient (Wildman–Crippen LogP) is 42.1. The first-order chi connectivity index (χ1) is 61.3. The van der Waals surface area contributed by atoms with Crippen molar-refractivity contribution in [3.05, 3.63) is 136 Å². The molecule has 0 aromatic rings. The molecule has 0 radical (unpaired) electrons. The van der Waals surface area contributed by atoms with Crippen LogP contribution in [0.1, 0.15) is 441 Å². The normalized spacial score (nSPS) is 31.4. The molecular formula is C129H233I. The monoisotopic (exact) mass is 1910 g/mol. The van der Waals surface area contributed by atoms with Crippen molar-refractivity contribution in [2.45, 2.75) is 438 Å². The van der Waals surface area contributed by atoms with E-state index in [0.29, 0.717) is 5.92 Å². The highest BCUT2D eigenvalue weighted by Gasteiger charge is 2.41. The Morgan fingerprint density at radius 2 is 0.531 bits per heavy atom. The second-order valence-electron chi connectivity index (χ2n) is 50.4. The van der Waals surface area contributed by atoms with Crippen LogP contribution < -0.4 is 0 Å². The molecule has 0 nitrogen and oxygen atoms in total. The summed E-state index contributed by atoms with van der Waals surface area (Å²) in [6.07, 6.45) is 95.5. The Morgan fingerprint density at radius 3 is 0.815 bits per heavy atom. The van der Waals surface area contributed by atoms with Crippen molar-refractivity contribution in [3.8, 4) is 0 Å². The largest absolute Gasteiger partial charge is 0.107 e. The van der Waals surface area contributed by atoms with Gasteiger partial charge in [0.25, 0.3) is 0 Å². The van der Waals surface area contributed by atoms with Crippen molar-refractivity contribution in [1.82, 2.24) is 0 Å². The molecule has 7 fully saturated rings. The van der Waals surface area contributed by atoms with E-state index in [9.17, 15) is 0 Å². The summed E-state index contributed by atoms with van der Waals surface area (Å²) in [5.74, 6) is 34.7. The number of hydrogen-bond acceptors (Lipinski definition) is 0. The van der Waals surface area contributed by atoms with Gasteiger partial charge in [-0.05, 0) is 416 Å². The molecule has 34 atom stereocenters. The fraction of sp³-hybridized carbons (Fsp3) is 0.829. The highest BCUT2D eigenvalue weighted by molar-refractivity contribution is 14.0. The lowest BCUT2D eigenvalue weighted by Crippen LogP contribution is -2.16. The number of fused-ring (bicyclic) bond motifs is 4. The van der Waals surface area contributed by atoms with Gasteiger partial charge in [-0.25, -0.2) is 0 Å². The van der Waals surface area contributed by atoms with Gasteiger partial charge >= 0.3 is 0 Å². The minimum Gasteiger partial charge on any atom is -0.107 e. The number of rotatable bonds is 54. The topological polar surface area (TPSA) is 0 Å². The van der Waals surface area contributed by atoms with Crippen LogP contribution in [0.15, 0.2) is 136 Å². The second kappa shape index (κ2) is 65.0. The van der Waals surface area contributed by atoms with E-state index in [1.165, 1.54) is 225 Å². The van der Waals surface area contributed by atoms with Crippen molar-refractivity contribution in [1.29, 1.82) is 0 Å². The van der Waals surface area contributed by atoms with E-state index in [0.717, 1.165) is 250 Å². The Labute approximate surface area is 837 Å². The minimum atomic E-state index is 0. The maximum Gasteiger partial charge on any atom is 0 e. The van der Waals surface area contributed by atoms with Gasteiger partial charge in [0.2, 0.25) is 0 Å². The van der Waals surface area contributed by atoms with Gasteiger partial charge in [0.05, 0.1) is 0 Å². The van der Waals surface area contributed by atoms with Crippen LogP contribution in [0, 0.1) is 243 Å². The molecule has 0 amide bonds. The van der Waals surface area contributed by atoms with Gasteiger partial charge in [0.15, 0.2) is 0 Å². The number of allylic oxidation sites excluding steroid dienone is 18. The van der Waals surface area contributed by atoms with E-state index in [-0.39, 0.29) is 26.8 Å². The summed E-state index contributed by atoms with van der Waals surface area (Å²) in [5.41, 5.74) is 0. The minimum absolute atomic E-state index is 0. The van der Waals surface area contributed by atoms with Gasteiger partial charge in [0.1, 0.15) is 0 Å². The zero-order valence-corrected chi connectivity index (χ0v) is 94.8. The van der Waals surface area contributed by atoms with Gasteiger partial charge in [-0.2, -0.15) is 0 Å². The third-order valence-corrected chi connectivity index (χ3v) is 39.4. The highest BCUT2D eigenvalue weighted by Crippen LogP contribution is 2.51. The summed E-state index contributed by atoms with van der Waals surface area (Å²) in [6.45, 7) is 86.0. The summed E-state index contributed by atoms with van der Waals surface area (Å²) in [4.78, 5) is 0. The molecule has 7 saturated carbocycles. The van der Waals surface area contributed by atoms with Crippen molar-refractivity contribution >= 4 is 24.0 Å². The summed E-state index contributed by atoms with van der Waals surface area (Å²) in [6, 6.07) is 0. The van der Waals surface area contributed by atoms with Crippen LogP contribution in [-0.4, -0.2) is 0 Å². The molecule has 1 heteroatoms. The van der Waals surface area contributed by atoms with E-state index in [4.69, 9.17) is 0 Å². The maximum absolute atomic E-state index is 4.31. The highest BCUT2D eigenvalue weighted by atomic mass is 127. The Balaban J connectivity index is 0.000000631. The average molecular weight is 1910 g/mol. The van der Waals surface area contributed by atoms with E-state index in [1.54, 1.807) is 0 Å². The lowest BCUT2D eigenvalue weighted by molar-refractivity contribution is 0.255. The van der Waals surface area contributed by atoms with E-state index in [1.807, 2.05) is 12.2 Å². The third kappa shape index (κ3) is 42.9. The molecule has 4 bridgehead atoms. The van der Waals surface area contributed by atoms with Crippen LogP contribution >= 0.6 is 24.0 Å². The summed E-state index contributed by atoms with van der Waals surface area (Å²) >= 11 is 0. The van der Waals surface area contributed by atoms with Gasteiger partial charge in [-0.3, -0.25) is 0 Å². The maximum atomic E-state index is 4.31. The quantitative estimate of drug-likeness (QED) is 0.0323. The van der Waals surface area contributed by atoms with Crippen LogP contribution in [0.2, 0.25) is 0 Å². The number of hydrogen-bond donors (Lipinski definition) is 0. The molecule has 0 saturated heterocycles. The first-order valence-corrected chi connectivity index (χ1v) is 57.5. The van der Waals surface area contributed by atoms with Crippen molar-refractivity contribution in [3.63, 3.8) is 0 Å². The molecule has 34 unspecified atom stereocenters. The summed E-state index contributed by atoms with van der Waals surface area (Å²) in [7, 11) is 0. The SMILES string of the molecule is C=CC1CC(/C=C/CCC/C=C/C2CC(/C=C/CCCC)CC2CCC(C)C(C)C(C)C)CC1CCC(C)C(C)C(C)C.C=CC1CC(/C=C\C2CC(/C=C\C3CCCC3CCC(C)C(C)C(C)C)CC2CCC(C)C(C)C(C)C)CC1CCC(C)C(C)C(C)C.C=CCCC=C.CC(C)C(C)C(C)CCC1CC2C=CC1C2.CC(C)C(C)C(C)CCC1CC2C=CC1C2.I.[HH].[HH]. The van der Waals surface area contributed by atoms with Gasteiger partial charge in [-0.1, -0.05) is 374 Å². The molecule has 0 aromatic carbocycles. The average Bonchev–Trinajstić information content (AvgIpc) is 1.67. The Hall–Kier alpha value is -2.13. The van der Waals surface area contributed by atoms with Crippen LogP contribution in [-0.2, 0) is 0 Å². The Kier molecular flexibility index (Phi) is 60.1. The molecule has 0 aliphatic heterocycles. The molecule has 130 heavy (non-hydrogen) atoms. The smallest absolute Gasteiger partial charge is 0 e. The van der Waals surface area contributed by atoms with Gasteiger partial charge < -0.3 is 0 Å². The Morgan fingerprint density at radius 1 is 0.262 bits per heavy atom. The number of unbranched alkanes of at least 4 members (excludes halogenated alkanes) is 5. The molecule has 756 valence electrons. The zero-order valence-electron chi connectivity index (χ0n) is 92.5. The van der Waals surface area contributed by atoms with E-state index in [2.05, 4.69) is 324 Å². The van der Waals surface area contributed by atoms with E-state index >= 15 is 0 Å². The standard InChI is InChI=1S/C48H86.C43H76.2C16H28.C6H10.HI.2H2/c1-14-43-28-41(29-46(43)24-19-36(9)39(12)33(4)5)22-27-48-31-42(30-47(48)25-20-37(10)40(13)34(6)7)21-26-45-17-15-16-44(45)23-18-35(8)38(11)32(2)3;1-11-13-14-18-21-39-29-41(43(31-39)27-25-35(8)37(10)33(5)6)23-20-17-15-16-19-22-38-28-40(12-2)42(30-38)26-24-34(7)36(9)32(3)4;2*1-11(2)13(4)12(3)5-7-15-9-14-6-8-16(15)10-14;1-3-5-6-4-2;;;/h14,21-22,26-27,32-48H,1,15-20,23-25,28-31H2,2-13H3;12,18-23,32-43H,2,11,13-17,24-31H2,1,3-10H3;2*6,8,11-16H,5,7,9-10H2,1-4H3;3-4H,1-2,5-6H2;3*1H/b26-21-,27-22-;21-18+,22-19+,23-20+;;;;;;. The first kappa shape index (κ1) is 120. The van der Waals surface area contributed by atoms with Crippen molar-refractivity contribution in [2.75, 3.05) is 0 Å². The first-order valence-electron chi connectivity index (χ1n) is 57.5. The molecule has 0 N–H and O–H groups in total. The summed E-state index contributed by atoms with van der Waals surface area (Å²) in [5, 5.41) is 0. The fourth-order valence-corrected chi connectivity index (χ4v) is 26.1. The van der Waals surface area contributed by atoms with Gasteiger partial charge in [0, 0.05) is 2.85 Å². The van der Waals surface area contributed by atoms with Crippen LogP contribution in [0.3, 0.4) is 0 Å². The van der Waals surface area contributed by atoms with Crippen molar-refractivity contribution in [2.24, 2.45) is 243 Å². The predicted molar refractivity (Wildman–Crippen MR) is 603 cm³/mol. The van der Waals surface area contributed by atoms with Crippen LogP contribution in [0.25, 0.3) is 0 Å². The molecule has 9 aliphatic rings. The molecule has 9 aliphatic carbocycles. The number of halogens is 1. The lowest BCUT2D eigenvalue weighted by atomic mass is 9.80. The molecular weight excluding hydrogens is 1680 g/mol. The fourth-order valence-electron chi connectivity index (χ4n) is 26.1. The van der Waals surface area contributed by atoms with Crippen LogP contribution in [0.4, 0.5) is 0 Å². The van der Waals surface area contributed by atoms with Crippen molar-refractivity contribution < 1.29 is 2.85 Å². The molecule has 0 spiro atoms. The lowest BCUT2D eigenvalue weighted by Gasteiger charge is -2.26. The Bertz CT molecular complexity index is 3100. The molecule has 9 rings (SSSR count). The third-order valence-electron chi connectivity index (χ3n) is 39.4. The second-order valence-corrected chi connectivity index (χ2v) is 50.4.